The second-order valence-corrected chi connectivity index (χ2v) is 8.61. The third-order valence-corrected chi connectivity index (χ3v) is 6.38. The summed E-state index contributed by atoms with van der Waals surface area (Å²) >= 11 is 0. The highest BCUT2D eigenvalue weighted by molar-refractivity contribution is 7.49. The van der Waals surface area contributed by atoms with Crippen molar-refractivity contribution in [3.8, 4) is 0 Å². The number of rotatable bonds is 13. The van der Waals surface area contributed by atoms with Crippen molar-refractivity contribution in [1.29, 1.82) is 0 Å². The van der Waals surface area contributed by atoms with E-state index in [0.29, 0.717) is 6.42 Å². The van der Waals surface area contributed by atoms with Crippen LogP contribution in [0.2, 0.25) is 0 Å². The minimum atomic E-state index is -4.31. The molecule has 3 N–H and O–H groups in total. The van der Waals surface area contributed by atoms with Crippen molar-refractivity contribution in [2.24, 2.45) is 0 Å². The first-order chi connectivity index (χ1) is 12.3. The van der Waals surface area contributed by atoms with Crippen LogP contribution in [0.15, 0.2) is 0 Å². The molecule has 0 amide bonds. The summed E-state index contributed by atoms with van der Waals surface area (Å²) in [6, 6.07) is 0. The first kappa shape index (κ1) is 22.0. The molecule has 8 nitrogen and oxygen atoms in total. The van der Waals surface area contributed by atoms with E-state index in [0.717, 1.165) is 19.3 Å². The lowest BCUT2D eigenvalue weighted by molar-refractivity contribution is -0.339. The molecule has 0 aromatic rings. The van der Waals surface area contributed by atoms with Crippen LogP contribution in [0.5, 0.6) is 0 Å². The minimum absolute atomic E-state index is 0.0775. The monoisotopic (exact) mass is 394 g/mol. The van der Waals surface area contributed by atoms with Crippen LogP contribution in [-0.4, -0.2) is 39.0 Å². The predicted octanol–water partition coefficient (Wildman–Crippen LogP) is 3.14. The van der Waals surface area contributed by atoms with Crippen LogP contribution in [0, 0.1) is 0 Å². The van der Waals surface area contributed by atoms with Crippen LogP contribution in [0.25, 0.3) is 0 Å². The predicted molar refractivity (Wildman–Crippen MR) is 92.9 cm³/mol. The lowest BCUT2D eigenvalue weighted by atomic mass is 9.96. The molecule has 0 radical (unpaired) electrons. The third-order valence-electron chi connectivity index (χ3n) is 4.93. The molecular formula is C17H31O8P. The van der Waals surface area contributed by atoms with Gasteiger partial charge in [-0.15, -0.1) is 0 Å². The molecule has 152 valence electrons. The highest BCUT2D eigenvalue weighted by atomic mass is 31.2. The number of ketones is 1. The number of carbonyl (C=O) groups excluding carboxylic acids is 1. The topological polar surface area (TPSA) is 123 Å². The molecule has 0 aromatic heterocycles. The second kappa shape index (κ2) is 9.24. The highest BCUT2D eigenvalue weighted by Crippen LogP contribution is 2.71. The molecule has 0 aliphatic carbocycles. The standard InChI is InChI=1S/C17H31O8P/c1-2-3-4-5-6-7-8-9-10-11-12-13-14(18)16(20)17(21)15(19)23-26(22,24-16)25-17/h15,19-21H,2-13H2,1H3. The van der Waals surface area contributed by atoms with Gasteiger partial charge in [0.15, 0.2) is 5.78 Å². The minimum Gasteiger partial charge on any atom is -0.363 e. The molecule has 2 rings (SSSR count). The number of fused-ring (bicyclic) bond motifs is 2. The number of phosphoric ester groups is 1. The van der Waals surface area contributed by atoms with Crippen molar-refractivity contribution in [1.82, 2.24) is 0 Å². The van der Waals surface area contributed by atoms with E-state index < -0.39 is 31.5 Å². The van der Waals surface area contributed by atoms with Gasteiger partial charge in [-0.1, -0.05) is 71.1 Å². The van der Waals surface area contributed by atoms with Gasteiger partial charge in [-0.25, -0.2) is 13.6 Å². The Hall–Kier alpha value is -0.340. The fourth-order valence-corrected chi connectivity index (χ4v) is 4.92. The van der Waals surface area contributed by atoms with E-state index >= 15 is 0 Å². The summed E-state index contributed by atoms with van der Waals surface area (Å²) in [7, 11) is -4.31. The molecule has 26 heavy (non-hydrogen) atoms. The van der Waals surface area contributed by atoms with Crippen LogP contribution in [0.4, 0.5) is 0 Å². The van der Waals surface area contributed by atoms with Gasteiger partial charge in [0.1, 0.15) is 0 Å². The zero-order valence-corrected chi connectivity index (χ0v) is 16.3. The van der Waals surface area contributed by atoms with Crippen molar-refractivity contribution in [3.63, 3.8) is 0 Å². The number of hydrogen-bond acceptors (Lipinski definition) is 8. The zero-order valence-electron chi connectivity index (χ0n) is 15.4. The van der Waals surface area contributed by atoms with Gasteiger partial charge in [-0.05, 0) is 6.42 Å². The smallest absolute Gasteiger partial charge is 0.363 e. The van der Waals surface area contributed by atoms with Crippen LogP contribution < -0.4 is 0 Å². The van der Waals surface area contributed by atoms with Crippen LogP contribution in [0.1, 0.15) is 84.0 Å². The Bertz CT molecular complexity index is 527. The maximum Gasteiger partial charge on any atom is 0.483 e. The van der Waals surface area contributed by atoms with Crippen LogP contribution in [0.3, 0.4) is 0 Å². The largest absolute Gasteiger partial charge is 0.483 e. The molecular weight excluding hydrogens is 363 g/mol. The number of Topliss-reactive ketones (excluding diaryl/α,β-unsaturated/α-hetero) is 1. The average molecular weight is 394 g/mol. The molecule has 2 saturated heterocycles. The van der Waals surface area contributed by atoms with E-state index in [4.69, 9.17) is 0 Å². The Labute approximate surface area is 154 Å². The Morgan fingerprint density at radius 2 is 1.42 bits per heavy atom. The molecule has 4 unspecified atom stereocenters. The number of carbonyl (C=O) groups is 1. The normalized spacial score (nSPS) is 35.9. The molecule has 0 spiro atoms. The third kappa shape index (κ3) is 4.73. The fourth-order valence-electron chi connectivity index (χ4n) is 3.30. The Morgan fingerprint density at radius 1 is 0.923 bits per heavy atom. The van der Waals surface area contributed by atoms with Gasteiger partial charge >= 0.3 is 7.82 Å². The van der Waals surface area contributed by atoms with E-state index in [2.05, 4.69) is 20.5 Å². The molecule has 2 fully saturated rings. The average Bonchev–Trinajstić information content (AvgIpc) is 2.94. The quantitative estimate of drug-likeness (QED) is 0.322. The maximum atomic E-state index is 12.2. The van der Waals surface area contributed by atoms with Crippen LogP contribution >= 0.6 is 7.82 Å². The summed E-state index contributed by atoms with van der Waals surface area (Å²) in [4.78, 5) is 12.2. The van der Waals surface area contributed by atoms with Gasteiger partial charge in [0.2, 0.25) is 6.29 Å². The first-order valence-electron chi connectivity index (χ1n) is 9.63. The molecule has 4 atom stereocenters. The van der Waals surface area contributed by atoms with Crippen molar-refractivity contribution >= 4 is 13.6 Å². The molecule has 2 heterocycles. The number of phosphoric acid groups is 1. The van der Waals surface area contributed by atoms with Crippen molar-refractivity contribution in [2.45, 2.75) is 102 Å². The fraction of sp³-hybridized carbons (Fsp3) is 0.941. The number of unbranched alkanes of at least 4 members (excludes halogenated alkanes) is 10. The molecule has 9 heteroatoms. The summed E-state index contributed by atoms with van der Waals surface area (Å²) in [5.74, 6) is -6.59. The summed E-state index contributed by atoms with van der Waals surface area (Å²) in [6.07, 6.45) is 10.0. The lowest BCUT2D eigenvalue weighted by Gasteiger charge is -2.34. The summed E-state index contributed by atoms with van der Waals surface area (Å²) < 4.78 is 25.4. The van der Waals surface area contributed by atoms with Gasteiger partial charge in [0.25, 0.3) is 11.6 Å². The number of aliphatic hydroxyl groups is 3. The Balaban J connectivity index is 1.59. The van der Waals surface area contributed by atoms with Gasteiger partial charge < -0.3 is 15.3 Å². The summed E-state index contributed by atoms with van der Waals surface area (Å²) in [5.41, 5.74) is 0. The van der Waals surface area contributed by atoms with E-state index in [1.165, 1.54) is 44.9 Å². The Morgan fingerprint density at radius 3 is 1.88 bits per heavy atom. The highest BCUT2D eigenvalue weighted by Gasteiger charge is 2.79. The first-order valence-corrected chi connectivity index (χ1v) is 11.1. The second-order valence-electron chi connectivity index (χ2n) is 7.14. The molecule has 2 aliphatic rings. The van der Waals surface area contributed by atoms with Crippen molar-refractivity contribution in [3.05, 3.63) is 0 Å². The van der Waals surface area contributed by atoms with Gasteiger partial charge in [-0.3, -0.25) is 9.32 Å². The molecule has 0 aromatic carbocycles. The number of aliphatic hydroxyl groups excluding tert-OH is 1. The lowest BCUT2D eigenvalue weighted by Crippen LogP contribution is -2.63. The molecule has 0 saturated carbocycles. The van der Waals surface area contributed by atoms with E-state index in [1.807, 2.05) is 0 Å². The Kier molecular flexibility index (Phi) is 7.80. The number of hydrogen-bond donors (Lipinski definition) is 3. The summed E-state index contributed by atoms with van der Waals surface area (Å²) in [6.45, 7) is 2.20. The maximum absolute atomic E-state index is 12.2. The SMILES string of the molecule is CCCCCCCCCCCCCC(=O)C1(O)OP2(=O)OC(O)C1(O)O2. The van der Waals surface area contributed by atoms with Crippen molar-refractivity contribution in [2.75, 3.05) is 0 Å². The molecule has 2 aliphatic heterocycles. The van der Waals surface area contributed by atoms with Gasteiger partial charge in [-0.2, -0.15) is 0 Å². The van der Waals surface area contributed by atoms with E-state index in [-0.39, 0.29) is 6.42 Å². The van der Waals surface area contributed by atoms with E-state index in [1.54, 1.807) is 0 Å². The van der Waals surface area contributed by atoms with Crippen LogP contribution in [-0.2, 0) is 22.9 Å². The zero-order chi connectivity index (χ0) is 19.3. The van der Waals surface area contributed by atoms with Gasteiger partial charge in [0.05, 0.1) is 0 Å². The van der Waals surface area contributed by atoms with E-state index in [9.17, 15) is 24.7 Å². The van der Waals surface area contributed by atoms with Gasteiger partial charge in [0, 0.05) is 6.42 Å². The van der Waals surface area contributed by atoms with Crippen molar-refractivity contribution < 1.29 is 38.3 Å². The molecule has 2 bridgehead atoms. The summed E-state index contributed by atoms with van der Waals surface area (Å²) in [5, 5.41) is 29.9.